The van der Waals surface area contributed by atoms with Gasteiger partial charge in [-0.1, -0.05) is 23.7 Å². The third-order valence-corrected chi connectivity index (χ3v) is 3.58. The standard InChI is InChI=1S/C12H13ClN2S/c1-8-15-12(11(16-8)6-7-14)9-2-4-10(13)5-3-9/h2-5H,6-7,14H2,1H3. The second-order valence-corrected chi connectivity index (χ2v) is 5.27. The smallest absolute Gasteiger partial charge is 0.0904 e. The van der Waals surface area contributed by atoms with Crippen LogP contribution in [0.25, 0.3) is 11.3 Å². The van der Waals surface area contributed by atoms with Crippen LogP contribution in [0.5, 0.6) is 0 Å². The fourth-order valence-electron chi connectivity index (χ4n) is 1.60. The summed E-state index contributed by atoms with van der Waals surface area (Å²) in [7, 11) is 0. The zero-order valence-electron chi connectivity index (χ0n) is 9.03. The van der Waals surface area contributed by atoms with Crippen molar-refractivity contribution in [2.24, 2.45) is 5.73 Å². The van der Waals surface area contributed by atoms with Crippen molar-refractivity contribution in [2.75, 3.05) is 6.54 Å². The van der Waals surface area contributed by atoms with Gasteiger partial charge in [-0.3, -0.25) is 0 Å². The summed E-state index contributed by atoms with van der Waals surface area (Å²) in [4.78, 5) is 5.80. The highest BCUT2D eigenvalue weighted by Crippen LogP contribution is 2.29. The molecule has 1 heterocycles. The van der Waals surface area contributed by atoms with Gasteiger partial charge in [0, 0.05) is 15.5 Å². The molecule has 1 aromatic heterocycles. The minimum Gasteiger partial charge on any atom is -0.330 e. The van der Waals surface area contributed by atoms with Crippen molar-refractivity contribution in [3.63, 3.8) is 0 Å². The highest BCUT2D eigenvalue weighted by molar-refractivity contribution is 7.12. The molecule has 0 bridgehead atoms. The number of aryl methyl sites for hydroxylation is 1. The van der Waals surface area contributed by atoms with E-state index in [1.54, 1.807) is 11.3 Å². The zero-order valence-corrected chi connectivity index (χ0v) is 10.6. The molecule has 0 saturated carbocycles. The number of halogens is 1. The van der Waals surface area contributed by atoms with Crippen molar-refractivity contribution in [3.05, 3.63) is 39.2 Å². The van der Waals surface area contributed by atoms with Crippen LogP contribution in [0, 0.1) is 6.92 Å². The van der Waals surface area contributed by atoms with Gasteiger partial charge in [0.05, 0.1) is 10.7 Å². The van der Waals surface area contributed by atoms with E-state index in [1.807, 2.05) is 31.2 Å². The summed E-state index contributed by atoms with van der Waals surface area (Å²) < 4.78 is 0. The molecule has 0 unspecified atom stereocenters. The molecular formula is C12H13ClN2S. The Balaban J connectivity index is 2.42. The van der Waals surface area contributed by atoms with Crippen molar-refractivity contribution in [2.45, 2.75) is 13.3 Å². The van der Waals surface area contributed by atoms with Gasteiger partial charge in [0.1, 0.15) is 0 Å². The summed E-state index contributed by atoms with van der Waals surface area (Å²) in [5.74, 6) is 0. The molecule has 0 aliphatic heterocycles. The van der Waals surface area contributed by atoms with Crippen molar-refractivity contribution < 1.29 is 0 Å². The number of hydrogen-bond donors (Lipinski definition) is 1. The van der Waals surface area contributed by atoms with E-state index in [2.05, 4.69) is 4.98 Å². The van der Waals surface area contributed by atoms with Gasteiger partial charge in [-0.05, 0) is 32.0 Å². The van der Waals surface area contributed by atoms with Gasteiger partial charge < -0.3 is 5.73 Å². The van der Waals surface area contributed by atoms with Crippen molar-refractivity contribution in [1.29, 1.82) is 0 Å². The van der Waals surface area contributed by atoms with Crippen molar-refractivity contribution in [3.8, 4) is 11.3 Å². The Bertz CT molecular complexity index is 476. The van der Waals surface area contributed by atoms with Crippen molar-refractivity contribution >= 4 is 22.9 Å². The number of rotatable bonds is 3. The van der Waals surface area contributed by atoms with Crippen LogP contribution < -0.4 is 5.73 Å². The number of hydrogen-bond acceptors (Lipinski definition) is 3. The largest absolute Gasteiger partial charge is 0.330 e. The van der Waals surface area contributed by atoms with E-state index in [1.165, 1.54) is 4.88 Å². The second-order valence-electron chi connectivity index (χ2n) is 3.55. The Kier molecular flexibility index (Phi) is 3.59. The average molecular weight is 253 g/mol. The Labute approximate surface area is 104 Å². The van der Waals surface area contributed by atoms with E-state index in [9.17, 15) is 0 Å². The summed E-state index contributed by atoms with van der Waals surface area (Å²) in [6.07, 6.45) is 0.878. The Morgan fingerprint density at radius 2 is 2.00 bits per heavy atom. The molecule has 84 valence electrons. The number of nitrogens with two attached hydrogens (primary N) is 1. The van der Waals surface area contributed by atoms with Gasteiger partial charge in [-0.15, -0.1) is 11.3 Å². The molecule has 16 heavy (non-hydrogen) atoms. The van der Waals surface area contributed by atoms with Crippen LogP contribution in [0.15, 0.2) is 24.3 Å². The molecule has 0 saturated heterocycles. The number of nitrogens with zero attached hydrogens (tertiary/aromatic N) is 1. The molecule has 0 atom stereocenters. The molecular weight excluding hydrogens is 240 g/mol. The van der Waals surface area contributed by atoms with Crippen molar-refractivity contribution in [1.82, 2.24) is 4.98 Å². The second kappa shape index (κ2) is 4.95. The first-order valence-electron chi connectivity index (χ1n) is 5.13. The summed E-state index contributed by atoms with van der Waals surface area (Å²) in [5.41, 5.74) is 7.75. The van der Waals surface area contributed by atoms with Crippen LogP contribution in [0.3, 0.4) is 0 Å². The summed E-state index contributed by atoms with van der Waals surface area (Å²) in [5, 5.41) is 1.82. The molecule has 0 amide bonds. The molecule has 2 N–H and O–H groups in total. The van der Waals surface area contributed by atoms with E-state index in [-0.39, 0.29) is 0 Å². The monoisotopic (exact) mass is 252 g/mol. The molecule has 0 aliphatic carbocycles. The molecule has 4 heteroatoms. The minimum atomic E-state index is 0.655. The molecule has 2 aromatic rings. The van der Waals surface area contributed by atoms with Gasteiger partial charge >= 0.3 is 0 Å². The molecule has 0 aliphatic rings. The van der Waals surface area contributed by atoms with Crippen LogP contribution in [-0.2, 0) is 6.42 Å². The predicted octanol–water partition coefficient (Wildman–Crippen LogP) is 3.27. The van der Waals surface area contributed by atoms with Gasteiger partial charge in [0.2, 0.25) is 0 Å². The highest BCUT2D eigenvalue weighted by Gasteiger charge is 2.10. The van der Waals surface area contributed by atoms with E-state index in [0.717, 1.165) is 27.7 Å². The fraction of sp³-hybridized carbons (Fsp3) is 0.250. The number of aromatic nitrogens is 1. The van der Waals surface area contributed by atoms with E-state index in [4.69, 9.17) is 17.3 Å². The molecule has 0 radical (unpaired) electrons. The zero-order chi connectivity index (χ0) is 11.5. The quantitative estimate of drug-likeness (QED) is 0.911. The first kappa shape index (κ1) is 11.6. The molecule has 2 nitrogen and oxygen atoms in total. The van der Waals surface area contributed by atoms with Crippen LogP contribution in [0.2, 0.25) is 5.02 Å². The maximum absolute atomic E-state index is 5.87. The topological polar surface area (TPSA) is 38.9 Å². The predicted molar refractivity (Wildman–Crippen MR) is 70.1 cm³/mol. The van der Waals surface area contributed by atoms with E-state index in [0.29, 0.717) is 6.54 Å². The normalized spacial score (nSPS) is 10.7. The lowest BCUT2D eigenvalue weighted by Crippen LogP contribution is -2.02. The van der Waals surface area contributed by atoms with Gasteiger partial charge in [0.15, 0.2) is 0 Å². The Morgan fingerprint density at radius 1 is 1.31 bits per heavy atom. The third kappa shape index (κ3) is 2.43. The van der Waals surface area contributed by atoms with Crippen LogP contribution in [0.1, 0.15) is 9.88 Å². The van der Waals surface area contributed by atoms with Crippen LogP contribution in [-0.4, -0.2) is 11.5 Å². The summed E-state index contributed by atoms with van der Waals surface area (Å²) >= 11 is 7.58. The number of benzene rings is 1. The van der Waals surface area contributed by atoms with Crippen LogP contribution >= 0.6 is 22.9 Å². The molecule has 0 spiro atoms. The maximum Gasteiger partial charge on any atom is 0.0904 e. The highest BCUT2D eigenvalue weighted by atomic mass is 35.5. The number of thiazole rings is 1. The molecule has 2 rings (SSSR count). The third-order valence-electron chi connectivity index (χ3n) is 2.29. The molecule has 1 aromatic carbocycles. The lowest BCUT2D eigenvalue weighted by atomic mass is 10.1. The van der Waals surface area contributed by atoms with Gasteiger partial charge in [-0.25, -0.2) is 4.98 Å². The molecule has 0 fully saturated rings. The first-order chi connectivity index (χ1) is 7.70. The maximum atomic E-state index is 5.87. The Hall–Kier alpha value is -0.900. The Morgan fingerprint density at radius 3 is 2.62 bits per heavy atom. The lowest BCUT2D eigenvalue weighted by molar-refractivity contribution is 0.986. The first-order valence-corrected chi connectivity index (χ1v) is 6.32. The van der Waals surface area contributed by atoms with Crippen LogP contribution in [0.4, 0.5) is 0 Å². The summed E-state index contributed by atoms with van der Waals surface area (Å²) in [6, 6.07) is 7.77. The average Bonchev–Trinajstić information content (AvgIpc) is 2.61. The minimum absolute atomic E-state index is 0.655. The van der Waals surface area contributed by atoms with Gasteiger partial charge in [0.25, 0.3) is 0 Å². The lowest BCUT2D eigenvalue weighted by Gasteiger charge is -2.01. The SMILES string of the molecule is Cc1nc(-c2ccc(Cl)cc2)c(CCN)s1. The summed E-state index contributed by atoms with van der Waals surface area (Å²) in [6.45, 7) is 2.67. The van der Waals surface area contributed by atoms with E-state index < -0.39 is 0 Å². The van der Waals surface area contributed by atoms with Gasteiger partial charge in [-0.2, -0.15) is 0 Å². The fourth-order valence-corrected chi connectivity index (χ4v) is 2.70. The van der Waals surface area contributed by atoms with E-state index >= 15 is 0 Å².